The molecule has 1 nitrogen and oxygen atoms in total. The van der Waals surface area contributed by atoms with Crippen LogP contribution >= 0.6 is 0 Å². The minimum absolute atomic E-state index is 0.0850. The third kappa shape index (κ3) is 3.76. The van der Waals surface area contributed by atoms with Crippen molar-refractivity contribution in [3.63, 3.8) is 0 Å². The molecule has 0 bridgehead atoms. The summed E-state index contributed by atoms with van der Waals surface area (Å²) >= 11 is 0. The maximum atomic E-state index is 13.5. The van der Waals surface area contributed by atoms with E-state index >= 15 is 0 Å². The van der Waals surface area contributed by atoms with Gasteiger partial charge >= 0.3 is 0 Å². The number of carbonyl (C=O) groups is 1. The average molecular weight is 222 g/mol. The van der Waals surface area contributed by atoms with Crippen molar-refractivity contribution in [3.8, 4) is 0 Å². The lowest BCUT2D eigenvalue weighted by molar-refractivity contribution is 0.0974. The third-order valence-corrected chi connectivity index (χ3v) is 2.61. The second-order valence-electron chi connectivity index (χ2n) is 4.69. The predicted octanol–water partition coefficient (Wildman–Crippen LogP) is 4.14. The number of ketones is 1. The number of rotatable bonds is 5. The minimum Gasteiger partial charge on any atom is -0.294 e. The van der Waals surface area contributed by atoms with Gasteiger partial charge in [-0.15, -0.1) is 0 Å². The fourth-order valence-corrected chi connectivity index (χ4v) is 1.65. The van der Waals surface area contributed by atoms with Crippen molar-refractivity contribution in [2.24, 2.45) is 5.92 Å². The van der Waals surface area contributed by atoms with Crippen LogP contribution in [0.15, 0.2) is 18.2 Å². The van der Waals surface area contributed by atoms with E-state index in [1.54, 1.807) is 12.1 Å². The van der Waals surface area contributed by atoms with Gasteiger partial charge in [-0.2, -0.15) is 0 Å². The molecule has 0 aliphatic heterocycles. The third-order valence-electron chi connectivity index (χ3n) is 2.61. The van der Waals surface area contributed by atoms with Crippen LogP contribution in [0.5, 0.6) is 0 Å². The molecule has 1 aromatic rings. The van der Waals surface area contributed by atoms with Crippen LogP contribution in [0.3, 0.4) is 0 Å². The highest BCUT2D eigenvalue weighted by Crippen LogP contribution is 2.15. The van der Waals surface area contributed by atoms with Gasteiger partial charge in [-0.05, 0) is 37.0 Å². The Morgan fingerprint density at radius 3 is 2.62 bits per heavy atom. The van der Waals surface area contributed by atoms with Gasteiger partial charge in [0.05, 0.1) is 5.56 Å². The highest BCUT2D eigenvalue weighted by atomic mass is 19.1. The summed E-state index contributed by atoms with van der Waals surface area (Å²) in [6.07, 6.45) is 2.29. The zero-order chi connectivity index (χ0) is 12.1. The molecule has 0 aliphatic rings. The SMILES string of the molecule is Cc1ccc(C(=O)CCCC(C)C)c(F)c1. The molecular weight excluding hydrogens is 203 g/mol. The molecule has 2 heteroatoms. The van der Waals surface area contributed by atoms with Gasteiger partial charge in [-0.1, -0.05) is 26.3 Å². The van der Waals surface area contributed by atoms with Gasteiger partial charge in [0, 0.05) is 6.42 Å². The van der Waals surface area contributed by atoms with Gasteiger partial charge in [-0.3, -0.25) is 4.79 Å². The van der Waals surface area contributed by atoms with E-state index in [1.807, 2.05) is 6.92 Å². The first-order chi connectivity index (χ1) is 7.50. The Bertz CT molecular complexity index is 369. The average Bonchev–Trinajstić information content (AvgIpc) is 2.16. The Morgan fingerprint density at radius 1 is 1.38 bits per heavy atom. The number of Topliss-reactive ketones (excluding diaryl/α,β-unsaturated/α-hetero) is 1. The topological polar surface area (TPSA) is 17.1 Å². The first-order valence-electron chi connectivity index (χ1n) is 5.80. The fraction of sp³-hybridized carbons (Fsp3) is 0.500. The summed E-state index contributed by atoms with van der Waals surface area (Å²) in [4.78, 5) is 11.7. The first kappa shape index (κ1) is 12.9. The molecule has 0 fully saturated rings. The van der Waals surface area contributed by atoms with Gasteiger partial charge in [-0.25, -0.2) is 4.39 Å². The van der Waals surface area contributed by atoms with Gasteiger partial charge in [0.15, 0.2) is 5.78 Å². The van der Waals surface area contributed by atoms with Crippen LogP contribution in [0.1, 0.15) is 49.0 Å². The van der Waals surface area contributed by atoms with Gasteiger partial charge in [0.2, 0.25) is 0 Å². The van der Waals surface area contributed by atoms with Crippen molar-refractivity contribution in [1.82, 2.24) is 0 Å². The van der Waals surface area contributed by atoms with E-state index in [1.165, 1.54) is 6.07 Å². The van der Waals surface area contributed by atoms with E-state index in [0.29, 0.717) is 12.3 Å². The second-order valence-corrected chi connectivity index (χ2v) is 4.69. The lowest BCUT2D eigenvalue weighted by Gasteiger charge is -2.05. The van der Waals surface area contributed by atoms with Crippen LogP contribution in [0.25, 0.3) is 0 Å². The van der Waals surface area contributed by atoms with Crippen molar-refractivity contribution in [1.29, 1.82) is 0 Å². The summed E-state index contributed by atoms with van der Waals surface area (Å²) in [5.41, 5.74) is 1.07. The van der Waals surface area contributed by atoms with Crippen LogP contribution in [0.2, 0.25) is 0 Å². The molecule has 0 heterocycles. The summed E-state index contributed by atoms with van der Waals surface area (Å²) in [5, 5.41) is 0. The summed E-state index contributed by atoms with van der Waals surface area (Å²) in [6, 6.07) is 4.77. The Balaban J connectivity index is 2.59. The molecule has 0 saturated carbocycles. The van der Waals surface area contributed by atoms with E-state index in [0.717, 1.165) is 18.4 Å². The molecule has 0 saturated heterocycles. The zero-order valence-corrected chi connectivity index (χ0v) is 10.2. The molecule has 16 heavy (non-hydrogen) atoms. The number of aryl methyl sites for hydroxylation is 1. The predicted molar refractivity (Wildman–Crippen MR) is 64.2 cm³/mol. The zero-order valence-electron chi connectivity index (χ0n) is 10.2. The first-order valence-corrected chi connectivity index (χ1v) is 5.80. The number of carbonyl (C=O) groups excluding carboxylic acids is 1. The summed E-state index contributed by atoms with van der Waals surface area (Å²) in [7, 11) is 0. The van der Waals surface area contributed by atoms with Crippen LogP contribution in [0, 0.1) is 18.7 Å². The maximum absolute atomic E-state index is 13.5. The van der Waals surface area contributed by atoms with Crippen molar-refractivity contribution in [2.45, 2.75) is 40.0 Å². The molecule has 1 rings (SSSR count). The lowest BCUT2D eigenvalue weighted by Crippen LogP contribution is -2.03. The van der Waals surface area contributed by atoms with E-state index in [2.05, 4.69) is 13.8 Å². The Hall–Kier alpha value is -1.18. The molecule has 0 aromatic heterocycles. The summed E-state index contributed by atoms with van der Waals surface area (Å²) in [6.45, 7) is 6.06. The molecule has 0 atom stereocenters. The van der Waals surface area contributed by atoms with E-state index in [-0.39, 0.29) is 11.3 Å². The largest absolute Gasteiger partial charge is 0.294 e. The fourth-order valence-electron chi connectivity index (χ4n) is 1.65. The summed E-state index contributed by atoms with van der Waals surface area (Å²) < 4.78 is 13.5. The number of benzene rings is 1. The molecule has 1 aromatic carbocycles. The van der Waals surface area contributed by atoms with Crippen molar-refractivity contribution in [3.05, 3.63) is 35.1 Å². The molecule has 0 unspecified atom stereocenters. The number of hydrogen-bond acceptors (Lipinski definition) is 1. The Kier molecular flexibility index (Phi) is 4.66. The molecular formula is C14H19FO. The summed E-state index contributed by atoms with van der Waals surface area (Å²) in [5.74, 6) is 0.114. The number of halogens is 1. The monoisotopic (exact) mass is 222 g/mol. The highest BCUT2D eigenvalue weighted by molar-refractivity contribution is 5.96. The molecule has 0 amide bonds. The normalized spacial score (nSPS) is 10.8. The van der Waals surface area contributed by atoms with Crippen LogP contribution in [-0.4, -0.2) is 5.78 Å². The highest BCUT2D eigenvalue weighted by Gasteiger charge is 2.11. The number of hydrogen-bond donors (Lipinski definition) is 0. The lowest BCUT2D eigenvalue weighted by atomic mass is 10.0. The molecule has 0 aliphatic carbocycles. The van der Waals surface area contributed by atoms with E-state index in [9.17, 15) is 9.18 Å². The van der Waals surface area contributed by atoms with Gasteiger partial charge in [0.25, 0.3) is 0 Å². The van der Waals surface area contributed by atoms with Gasteiger partial charge < -0.3 is 0 Å². The molecule has 0 spiro atoms. The van der Waals surface area contributed by atoms with Crippen LogP contribution in [0.4, 0.5) is 4.39 Å². The van der Waals surface area contributed by atoms with E-state index < -0.39 is 5.82 Å². The quantitative estimate of drug-likeness (QED) is 0.684. The Morgan fingerprint density at radius 2 is 2.06 bits per heavy atom. The van der Waals surface area contributed by atoms with Crippen molar-refractivity contribution in [2.75, 3.05) is 0 Å². The van der Waals surface area contributed by atoms with E-state index in [4.69, 9.17) is 0 Å². The van der Waals surface area contributed by atoms with Crippen LogP contribution < -0.4 is 0 Å². The Labute approximate surface area is 96.7 Å². The molecule has 0 N–H and O–H groups in total. The standard InChI is InChI=1S/C14H19FO/c1-10(2)5-4-6-14(16)12-8-7-11(3)9-13(12)15/h7-10H,4-6H2,1-3H3. The van der Waals surface area contributed by atoms with Crippen molar-refractivity contribution < 1.29 is 9.18 Å². The molecule has 0 radical (unpaired) electrons. The second kappa shape index (κ2) is 5.78. The van der Waals surface area contributed by atoms with Gasteiger partial charge in [0.1, 0.15) is 5.82 Å². The van der Waals surface area contributed by atoms with Crippen molar-refractivity contribution >= 4 is 5.78 Å². The minimum atomic E-state index is -0.394. The molecule has 88 valence electrons. The maximum Gasteiger partial charge on any atom is 0.165 e. The van der Waals surface area contributed by atoms with Crippen LogP contribution in [-0.2, 0) is 0 Å². The smallest absolute Gasteiger partial charge is 0.165 e.